The van der Waals surface area contributed by atoms with Gasteiger partial charge in [0.25, 0.3) is 5.91 Å². The molecule has 1 saturated carbocycles. The molecule has 1 fully saturated rings. The second-order valence-electron chi connectivity index (χ2n) is 5.18. The highest BCUT2D eigenvalue weighted by Crippen LogP contribution is 2.32. The Morgan fingerprint density at radius 1 is 1.36 bits per heavy atom. The second-order valence-corrected chi connectivity index (χ2v) is 5.18. The number of carbonyl (C=O) groups is 1. The molecule has 3 rings (SSSR count). The number of nitrogens with zero attached hydrogens (tertiary/aromatic N) is 4. The van der Waals surface area contributed by atoms with Gasteiger partial charge < -0.3 is 5.32 Å². The van der Waals surface area contributed by atoms with E-state index in [4.69, 9.17) is 0 Å². The number of hydrogen-bond donors (Lipinski definition) is 1. The molecule has 0 spiro atoms. The molecule has 0 unspecified atom stereocenters. The maximum absolute atomic E-state index is 12.5. The van der Waals surface area contributed by atoms with E-state index in [0.717, 1.165) is 18.4 Å². The number of aromatic nitrogens is 2. The zero-order valence-corrected chi connectivity index (χ0v) is 12.1. The smallest absolute Gasteiger partial charge is 0.259 e. The molecule has 7 heteroatoms. The fraction of sp³-hybridized carbons (Fsp3) is 0.267. The minimum atomic E-state index is -0.339. The van der Waals surface area contributed by atoms with E-state index < -0.39 is 0 Å². The molecule has 1 aliphatic carbocycles. The predicted octanol–water partition coefficient (Wildman–Crippen LogP) is 2.69. The third-order valence-corrected chi connectivity index (χ3v) is 3.52. The normalized spacial score (nSPS) is 13.5. The first kappa shape index (κ1) is 14.1. The third-order valence-electron chi connectivity index (χ3n) is 3.52. The van der Waals surface area contributed by atoms with Crippen LogP contribution in [-0.2, 0) is 0 Å². The van der Waals surface area contributed by atoms with Crippen LogP contribution in [0.3, 0.4) is 0 Å². The van der Waals surface area contributed by atoms with E-state index in [9.17, 15) is 9.70 Å². The van der Waals surface area contributed by atoms with Gasteiger partial charge in [-0.05, 0) is 43.5 Å². The lowest BCUT2D eigenvalue weighted by Crippen LogP contribution is -2.24. The minimum Gasteiger partial charge on any atom is -0.320 e. The Kier molecular flexibility index (Phi) is 3.78. The summed E-state index contributed by atoms with van der Waals surface area (Å²) in [5, 5.41) is 7.09. The summed E-state index contributed by atoms with van der Waals surface area (Å²) in [5.41, 5.74) is 1.85. The van der Waals surface area contributed by atoms with Crippen molar-refractivity contribution in [2.45, 2.75) is 25.8 Å². The molecular formula is C15H15N5O2. The van der Waals surface area contributed by atoms with Gasteiger partial charge in [0.15, 0.2) is 5.82 Å². The number of nitrogens with one attached hydrogen (secondary N) is 1. The van der Waals surface area contributed by atoms with E-state index >= 15 is 0 Å². The molecule has 0 radical (unpaired) electrons. The van der Waals surface area contributed by atoms with Gasteiger partial charge >= 0.3 is 0 Å². The summed E-state index contributed by atoms with van der Waals surface area (Å²) in [4.78, 5) is 31.7. The monoisotopic (exact) mass is 297 g/mol. The zero-order valence-electron chi connectivity index (χ0n) is 12.1. The molecule has 2 aromatic heterocycles. The molecule has 7 nitrogen and oxygen atoms in total. The Morgan fingerprint density at radius 2 is 2.18 bits per heavy atom. The maximum atomic E-state index is 12.5. The molecule has 0 aliphatic heterocycles. The Labute approximate surface area is 127 Å². The van der Waals surface area contributed by atoms with Crippen molar-refractivity contribution < 1.29 is 4.79 Å². The Balaban J connectivity index is 1.89. The number of pyridine rings is 2. The van der Waals surface area contributed by atoms with Crippen LogP contribution in [0.2, 0.25) is 0 Å². The molecule has 1 aliphatic rings. The van der Waals surface area contributed by atoms with Crippen molar-refractivity contribution >= 4 is 17.4 Å². The predicted molar refractivity (Wildman–Crippen MR) is 82.5 cm³/mol. The molecule has 0 bridgehead atoms. The van der Waals surface area contributed by atoms with E-state index in [1.165, 1.54) is 5.01 Å². The summed E-state index contributed by atoms with van der Waals surface area (Å²) in [6, 6.07) is 5.14. The van der Waals surface area contributed by atoms with Gasteiger partial charge in [-0.3, -0.25) is 9.78 Å². The molecule has 2 heterocycles. The molecule has 0 atom stereocenters. The number of anilines is 2. The van der Waals surface area contributed by atoms with Gasteiger partial charge in [0.2, 0.25) is 0 Å². The van der Waals surface area contributed by atoms with Crippen LogP contribution in [0.25, 0.3) is 0 Å². The standard InChI is InChI=1S/C15H15N5O2/c1-10-6-8-16-9-13(10)18-15(21)12-3-2-7-17-14(12)20(19-22)11-4-5-11/h2-3,6-9,11H,4-5H2,1H3,(H,18,21). The molecule has 22 heavy (non-hydrogen) atoms. The van der Waals surface area contributed by atoms with Crippen molar-refractivity contribution in [1.29, 1.82) is 0 Å². The van der Waals surface area contributed by atoms with E-state index in [1.54, 1.807) is 30.7 Å². The largest absolute Gasteiger partial charge is 0.320 e. The summed E-state index contributed by atoms with van der Waals surface area (Å²) >= 11 is 0. The topological polar surface area (TPSA) is 87.6 Å². The van der Waals surface area contributed by atoms with Crippen molar-refractivity contribution in [1.82, 2.24) is 9.97 Å². The van der Waals surface area contributed by atoms with Gasteiger partial charge in [-0.1, -0.05) is 0 Å². The third kappa shape index (κ3) is 2.78. The Bertz CT molecular complexity index is 715. The van der Waals surface area contributed by atoms with Gasteiger partial charge in [0.1, 0.15) is 0 Å². The Hall–Kier alpha value is -2.83. The second kappa shape index (κ2) is 5.88. The van der Waals surface area contributed by atoms with Gasteiger partial charge in [0.05, 0.1) is 28.8 Å². The van der Waals surface area contributed by atoms with Crippen LogP contribution in [0, 0.1) is 11.8 Å². The summed E-state index contributed by atoms with van der Waals surface area (Å²) in [6.45, 7) is 1.88. The van der Waals surface area contributed by atoms with Crippen LogP contribution in [0.1, 0.15) is 28.8 Å². The fourth-order valence-corrected chi connectivity index (χ4v) is 2.14. The highest BCUT2D eigenvalue weighted by atomic mass is 16.3. The minimum absolute atomic E-state index is 0.0408. The number of nitroso groups, excluding NO2 is 1. The molecule has 1 amide bonds. The quantitative estimate of drug-likeness (QED) is 0.677. The van der Waals surface area contributed by atoms with Gasteiger partial charge in [-0.15, -0.1) is 4.91 Å². The van der Waals surface area contributed by atoms with Crippen molar-refractivity contribution in [3.05, 3.63) is 52.8 Å². The van der Waals surface area contributed by atoms with Crippen molar-refractivity contribution in [2.24, 2.45) is 5.29 Å². The van der Waals surface area contributed by atoms with Gasteiger partial charge in [-0.25, -0.2) is 9.99 Å². The average molecular weight is 297 g/mol. The molecular weight excluding hydrogens is 282 g/mol. The van der Waals surface area contributed by atoms with Crippen molar-refractivity contribution in [2.75, 3.05) is 10.3 Å². The highest BCUT2D eigenvalue weighted by molar-refractivity contribution is 6.07. The van der Waals surface area contributed by atoms with Crippen LogP contribution in [-0.4, -0.2) is 21.9 Å². The van der Waals surface area contributed by atoms with E-state index in [0.29, 0.717) is 17.1 Å². The summed E-state index contributed by atoms with van der Waals surface area (Å²) in [6.07, 6.45) is 6.55. The lowest BCUT2D eigenvalue weighted by molar-refractivity contribution is 0.102. The van der Waals surface area contributed by atoms with Crippen molar-refractivity contribution in [3.8, 4) is 0 Å². The van der Waals surface area contributed by atoms with Crippen molar-refractivity contribution in [3.63, 3.8) is 0 Å². The first-order valence-electron chi connectivity index (χ1n) is 7.00. The maximum Gasteiger partial charge on any atom is 0.259 e. The Morgan fingerprint density at radius 3 is 2.86 bits per heavy atom. The number of hydrogen-bond acceptors (Lipinski definition) is 5. The molecule has 2 aromatic rings. The molecule has 1 N–H and O–H groups in total. The van der Waals surface area contributed by atoms with Crippen LogP contribution >= 0.6 is 0 Å². The van der Waals surface area contributed by atoms with Gasteiger partial charge in [-0.2, -0.15) is 0 Å². The van der Waals surface area contributed by atoms with Crippen LogP contribution < -0.4 is 10.3 Å². The number of rotatable bonds is 5. The summed E-state index contributed by atoms with van der Waals surface area (Å²) in [5.74, 6) is -0.0486. The summed E-state index contributed by atoms with van der Waals surface area (Å²) in [7, 11) is 0. The summed E-state index contributed by atoms with van der Waals surface area (Å²) < 4.78 is 0. The number of amides is 1. The van der Waals surface area contributed by atoms with Gasteiger partial charge in [0, 0.05) is 12.4 Å². The molecule has 0 aromatic carbocycles. The van der Waals surface area contributed by atoms with E-state index in [-0.39, 0.29) is 11.9 Å². The van der Waals surface area contributed by atoms with Crippen LogP contribution in [0.5, 0.6) is 0 Å². The fourth-order valence-electron chi connectivity index (χ4n) is 2.14. The lowest BCUT2D eigenvalue weighted by Gasteiger charge is -2.16. The lowest BCUT2D eigenvalue weighted by atomic mass is 10.2. The SMILES string of the molecule is Cc1ccncc1NC(=O)c1cccnc1N(N=O)C1CC1. The van der Waals surface area contributed by atoms with E-state index in [1.807, 2.05) is 13.0 Å². The molecule has 0 saturated heterocycles. The zero-order chi connectivity index (χ0) is 15.5. The number of carbonyl (C=O) groups excluding carboxylic acids is 1. The number of aryl methyl sites for hydroxylation is 1. The average Bonchev–Trinajstić information content (AvgIpc) is 3.36. The van der Waals surface area contributed by atoms with Crippen LogP contribution in [0.15, 0.2) is 42.1 Å². The van der Waals surface area contributed by atoms with E-state index in [2.05, 4.69) is 20.6 Å². The highest BCUT2D eigenvalue weighted by Gasteiger charge is 2.33. The first-order valence-corrected chi connectivity index (χ1v) is 7.00. The molecule has 112 valence electrons. The first-order chi connectivity index (χ1) is 10.7. The van der Waals surface area contributed by atoms with Crippen LogP contribution in [0.4, 0.5) is 11.5 Å².